The first-order valence-electron chi connectivity index (χ1n) is 3.71. The Hall–Kier alpha value is -0.560. The highest BCUT2D eigenvalue weighted by molar-refractivity contribution is 5.32. The van der Waals surface area contributed by atoms with E-state index in [1.807, 2.05) is 0 Å². The molecule has 0 unspecified atom stereocenters. The van der Waals surface area contributed by atoms with Crippen molar-refractivity contribution in [1.29, 1.82) is 0 Å². The maximum absolute atomic E-state index is 3.93. The van der Waals surface area contributed by atoms with E-state index < -0.39 is 0 Å². The van der Waals surface area contributed by atoms with E-state index in [0.717, 1.165) is 13.1 Å². The van der Waals surface area contributed by atoms with Crippen LogP contribution in [0.3, 0.4) is 0 Å². The van der Waals surface area contributed by atoms with Gasteiger partial charge in [0.25, 0.3) is 0 Å². The van der Waals surface area contributed by atoms with Crippen LogP contribution in [0.2, 0.25) is 0 Å². The number of hydrogen-bond donors (Lipinski definition) is 0. The molecule has 0 aliphatic carbocycles. The van der Waals surface area contributed by atoms with Crippen molar-refractivity contribution in [2.45, 2.75) is 19.9 Å². The lowest BCUT2D eigenvalue weighted by molar-refractivity contribution is 0.289. The van der Waals surface area contributed by atoms with Crippen LogP contribution >= 0.6 is 0 Å². The molecule has 0 amide bonds. The Kier molecular flexibility index (Phi) is 1.95. The SMILES string of the molecule is C=C1CN(C(C)C)CC1=C. The molecule has 1 aliphatic rings. The van der Waals surface area contributed by atoms with Gasteiger partial charge in [0.2, 0.25) is 0 Å². The van der Waals surface area contributed by atoms with E-state index in [-0.39, 0.29) is 0 Å². The molecule has 1 aliphatic heterocycles. The molecule has 0 spiro atoms. The summed E-state index contributed by atoms with van der Waals surface area (Å²) in [5.74, 6) is 0. The largest absolute Gasteiger partial charge is 0.292 e. The van der Waals surface area contributed by atoms with Gasteiger partial charge in [0.15, 0.2) is 0 Å². The molecule has 0 aromatic carbocycles. The first-order chi connectivity index (χ1) is 4.61. The van der Waals surface area contributed by atoms with Gasteiger partial charge in [-0.1, -0.05) is 13.2 Å². The second kappa shape index (κ2) is 2.59. The summed E-state index contributed by atoms with van der Waals surface area (Å²) in [5, 5.41) is 0. The molecule has 0 radical (unpaired) electrons. The van der Waals surface area contributed by atoms with Crippen molar-refractivity contribution in [2.24, 2.45) is 0 Å². The highest BCUT2D eigenvalue weighted by Gasteiger charge is 2.19. The summed E-state index contributed by atoms with van der Waals surface area (Å²) < 4.78 is 0. The minimum absolute atomic E-state index is 0.621. The maximum Gasteiger partial charge on any atom is 0.0237 e. The summed E-state index contributed by atoms with van der Waals surface area (Å²) in [5.41, 5.74) is 2.41. The van der Waals surface area contributed by atoms with Gasteiger partial charge in [-0.3, -0.25) is 4.90 Å². The van der Waals surface area contributed by atoms with Crippen LogP contribution < -0.4 is 0 Å². The first-order valence-corrected chi connectivity index (χ1v) is 3.71. The topological polar surface area (TPSA) is 3.24 Å². The van der Waals surface area contributed by atoms with Gasteiger partial charge in [0.1, 0.15) is 0 Å². The Morgan fingerprint density at radius 1 is 1.20 bits per heavy atom. The average molecular weight is 137 g/mol. The van der Waals surface area contributed by atoms with Gasteiger partial charge >= 0.3 is 0 Å². The molecule has 1 fully saturated rings. The van der Waals surface area contributed by atoms with Crippen LogP contribution in [0.15, 0.2) is 24.3 Å². The predicted octanol–water partition coefficient (Wildman–Crippen LogP) is 1.82. The molecule has 0 bridgehead atoms. The van der Waals surface area contributed by atoms with E-state index in [9.17, 15) is 0 Å². The van der Waals surface area contributed by atoms with Crippen LogP contribution in [-0.4, -0.2) is 24.0 Å². The third-order valence-electron chi connectivity index (χ3n) is 2.02. The fourth-order valence-corrected chi connectivity index (χ4v) is 1.13. The van der Waals surface area contributed by atoms with Crippen molar-refractivity contribution in [3.05, 3.63) is 24.3 Å². The summed E-state index contributed by atoms with van der Waals surface area (Å²) in [6.45, 7) is 14.3. The van der Waals surface area contributed by atoms with Gasteiger partial charge in [0.05, 0.1) is 0 Å². The smallest absolute Gasteiger partial charge is 0.0237 e. The quantitative estimate of drug-likeness (QED) is 0.533. The third-order valence-corrected chi connectivity index (χ3v) is 2.02. The van der Waals surface area contributed by atoms with Crippen molar-refractivity contribution in [3.8, 4) is 0 Å². The van der Waals surface area contributed by atoms with Gasteiger partial charge in [0, 0.05) is 19.1 Å². The molecule has 0 N–H and O–H groups in total. The second-order valence-electron chi connectivity index (χ2n) is 3.21. The Balaban J connectivity index is 2.57. The van der Waals surface area contributed by atoms with E-state index in [0.29, 0.717) is 6.04 Å². The van der Waals surface area contributed by atoms with Gasteiger partial charge in [-0.2, -0.15) is 0 Å². The van der Waals surface area contributed by atoms with E-state index in [4.69, 9.17) is 0 Å². The van der Waals surface area contributed by atoms with E-state index in [1.54, 1.807) is 0 Å². The summed E-state index contributed by atoms with van der Waals surface area (Å²) in [6.07, 6.45) is 0. The van der Waals surface area contributed by atoms with Crippen LogP contribution in [0, 0.1) is 0 Å². The molecule has 1 heterocycles. The van der Waals surface area contributed by atoms with Crippen LogP contribution in [-0.2, 0) is 0 Å². The van der Waals surface area contributed by atoms with Crippen molar-refractivity contribution in [3.63, 3.8) is 0 Å². The van der Waals surface area contributed by atoms with Crippen LogP contribution in [0.1, 0.15) is 13.8 Å². The second-order valence-corrected chi connectivity index (χ2v) is 3.21. The summed E-state index contributed by atoms with van der Waals surface area (Å²) >= 11 is 0. The maximum atomic E-state index is 3.93. The van der Waals surface area contributed by atoms with Gasteiger partial charge in [-0.05, 0) is 25.0 Å². The fraction of sp³-hybridized carbons (Fsp3) is 0.556. The average Bonchev–Trinajstić information content (AvgIpc) is 2.13. The van der Waals surface area contributed by atoms with Crippen LogP contribution in [0.25, 0.3) is 0 Å². The molecule has 56 valence electrons. The van der Waals surface area contributed by atoms with E-state index in [2.05, 4.69) is 31.9 Å². The molecule has 1 nitrogen and oxygen atoms in total. The van der Waals surface area contributed by atoms with Crippen molar-refractivity contribution in [2.75, 3.05) is 13.1 Å². The minimum Gasteiger partial charge on any atom is -0.292 e. The molecule has 1 saturated heterocycles. The lowest BCUT2D eigenvalue weighted by Crippen LogP contribution is -2.27. The molecule has 0 aromatic heterocycles. The summed E-state index contributed by atoms with van der Waals surface area (Å²) in [6, 6.07) is 0.621. The lowest BCUT2D eigenvalue weighted by atomic mass is 10.2. The predicted molar refractivity (Wildman–Crippen MR) is 45.0 cm³/mol. The normalized spacial score (nSPS) is 21.1. The third kappa shape index (κ3) is 1.29. The highest BCUT2D eigenvalue weighted by atomic mass is 15.2. The zero-order valence-electron chi connectivity index (χ0n) is 6.85. The molecule has 0 saturated carbocycles. The molecule has 10 heavy (non-hydrogen) atoms. The molecule has 1 rings (SSSR count). The van der Waals surface area contributed by atoms with Gasteiger partial charge in [-0.15, -0.1) is 0 Å². The molecule has 0 aromatic rings. The van der Waals surface area contributed by atoms with Crippen molar-refractivity contribution in [1.82, 2.24) is 4.90 Å². The zero-order chi connectivity index (χ0) is 7.72. The molecule has 1 heteroatoms. The Labute approximate surface area is 63.0 Å². The Bertz CT molecular complexity index is 152. The Morgan fingerprint density at radius 2 is 1.60 bits per heavy atom. The summed E-state index contributed by atoms with van der Waals surface area (Å²) in [4.78, 5) is 2.37. The van der Waals surface area contributed by atoms with Gasteiger partial charge < -0.3 is 0 Å². The number of rotatable bonds is 1. The van der Waals surface area contributed by atoms with Crippen LogP contribution in [0.5, 0.6) is 0 Å². The standard InChI is InChI=1S/C9H15N/c1-7(2)10-5-8(3)9(4)6-10/h7H,3-6H2,1-2H3. The zero-order valence-corrected chi connectivity index (χ0v) is 6.85. The van der Waals surface area contributed by atoms with E-state index >= 15 is 0 Å². The molecule has 0 atom stereocenters. The number of nitrogens with zero attached hydrogens (tertiary/aromatic N) is 1. The van der Waals surface area contributed by atoms with Crippen molar-refractivity contribution < 1.29 is 0 Å². The molecular formula is C9H15N. The van der Waals surface area contributed by atoms with Crippen molar-refractivity contribution >= 4 is 0 Å². The first kappa shape index (κ1) is 7.55. The number of likely N-dealkylation sites (tertiary alicyclic amines) is 1. The van der Waals surface area contributed by atoms with Crippen LogP contribution in [0.4, 0.5) is 0 Å². The lowest BCUT2D eigenvalue weighted by Gasteiger charge is -2.18. The molecular weight excluding hydrogens is 122 g/mol. The Morgan fingerprint density at radius 3 is 1.80 bits per heavy atom. The van der Waals surface area contributed by atoms with E-state index in [1.165, 1.54) is 11.1 Å². The monoisotopic (exact) mass is 137 g/mol. The van der Waals surface area contributed by atoms with Gasteiger partial charge in [-0.25, -0.2) is 0 Å². The fourth-order valence-electron chi connectivity index (χ4n) is 1.13. The summed E-state index contributed by atoms with van der Waals surface area (Å²) in [7, 11) is 0. The minimum atomic E-state index is 0.621. The number of hydrogen-bond acceptors (Lipinski definition) is 1. The highest BCUT2D eigenvalue weighted by Crippen LogP contribution is 2.19.